The lowest BCUT2D eigenvalue weighted by molar-refractivity contribution is -0.153. The number of urea groups is 2. The molecule has 0 aromatic carbocycles. The number of aromatic nitrogens is 6. The number of carbonyl (C=O) groups is 7. The molecule has 26 heteroatoms. The molecule has 0 radical (unpaired) electrons. The number of anilines is 2. The molecule has 406 valence electrons. The first-order valence-corrected chi connectivity index (χ1v) is 26.0. The third-order valence-corrected chi connectivity index (χ3v) is 15.2. The predicted octanol–water partition coefficient (Wildman–Crippen LogP) is -0.0364. The highest BCUT2D eigenvalue weighted by atomic mass is 16.4. The zero-order valence-electron chi connectivity index (χ0n) is 42.2. The van der Waals surface area contributed by atoms with Crippen LogP contribution in [0.4, 0.5) is 21.2 Å². The number of nitrogens with one attached hydrogen (secondary N) is 7. The Balaban J connectivity index is 0.743. The van der Waals surface area contributed by atoms with Crippen molar-refractivity contribution in [3.63, 3.8) is 0 Å². The number of fused-ring (bicyclic) bond motifs is 2. The normalized spacial score (nSPS) is 20.4. The van der Waals surface area contributed by atoms with Crippen LogP contribution in [0.25, 0.3) is 0 Å². The Kier molecular flexibility index (Phi) is 17.3. The van der Waals surface area contributed by atoms with Crippen LogP contribution in [-0.2, 0) is 43.4 Å². The summed E-state index contributed by atoms with van der Waals surface area (Å²) in [6, 6.07) is 4.60. The maximum Gasteiger partial charge on any atom is 0.329 e. The number of likely N-dealkylation sites (tertiary alicyclic amines) is 2. The molecule has 1 aliphatic carbocycles. The summed E-state index contributed by atoms with van der Waals surface area (Å²) in [5.41, 5.74) is 0.583. The molecule has 0 spiro atoms. The van der Waals surface area contributed by atoms with E-state index in [0.717, 1.165) is 72.9 Å². The first kappa shape index (κ1) is 54.1. The Bertz CT molecular complexity index is 2580. The number of aliphatic carboxylic acids is 2. The van der Waals surface area contributed by atoms with Crippen molar-refractivity contribution in [2.75, 3.05) is 69.5 Å². The first-order valence-electron chi connectivity index (χ1n) is 26.0. The van der Waals surface area contributed by atoms with Gasteiger partial charge in [0.15, 0.2) is 12.1 Å². The van der Waals surface area contributed by atoms with Gasteiger partial charge in [0.25, 0.3) is 0 Å². The quantitative estimate of drug-likeness (QED) is 0.0624. The molecule has 5 aliphatic rings. The molecule has 3 aromatic heterocycles. The molecule has 1 saturated carbocycles. The fourth-order valence-electron chi connectivity index (χ4n) is 10.6. The number of hydrogen-bond donors (Lipinski definition) is 11. The van der Waals surface area contributed by atoms with Crippen molar-refractivity contribution in [3.8, 4) is 0 Å². The second-order valence-electron chi connectivity index (χ2n) is 20.3. The number of carbonyl (C=O) groups excluding carboxylic acids is 5. The molecular weight excluding hydrogens is 975 g/mol. The Morgan fingerprint density at radius 2 is 1.16 bits per heavy atom. The van der Waals surface area contributed by atoms with Crippen LogP contribution in [0.15, 0.2) is 24.3 Å². The van der Waals surface area contributed by atoms with Crippen molar-refractivity contribution in [1.29, 1.82) is 0 Å². The van der Waals surface area contributed by atoms with Gasteiger partial charge in [-0.2, -0.15) is 0 Å². The summed E-state index contributed by atoms with van der Waals surface area (Å²) >= 11 is 0. The molecule has 8 rings (SSSR count). The topological polar surface area (TPSA) is 360 Å². The summed E-state index contributed by atoms with van der Waals surface area (Å²) < 4.78 is 1.42. The van der Waals surface area contributed by atoms with E-state index < -0.39 is 47.0 Å². The highest BCUT2D eigenvalue weighted by molar-refractivity contribution is 5.89. The van der Waals surface area contributed by atoms with E-state index in [1.165, 1.54) is 14.5 Å². The highest BCUT2D eigenvalue weighted by Crippen LogP contribution is 2.46. The second kappa shape index (κ2) is 24.0. The van der Waals surface area contributed by atoms with Crippen LogP contribution >= 0.6 is 0 Å². The number of tetrazole rings is 1. The molecule has 11 N–H and O–H groups in total. The van der Waals surface area contributed by atoms with E-state index in [-0.39, 0.29) is 107 Å². The minimum atomic E-state index is -1.77. The van der Waals surface area contributed by atoms with Gasteiger partial charge < -0.3 is 67.4 Å². The fourth-order valence-corrected chi connectivity index (χ4v) is 10.6. The van der Waals surface area contributed by atoms with Crippen molar-refractivity contribution in [2.45, 2.75) is 132 Å². The number of piperidine rings is 2. The number of pyridine rings is 2. The second-order valence-corrected chi connectivity index (χ2v) is 20.3. The average molecular weight is 1040 g/mol. The zero-order valence-corrected chi connectivity index (χ0v) is 42.2. The van der Waals surface area contributed by atoms with Gasteiger partial charge in [-0.1, -0.05) is 12.1 Å². The summed E-state index contributed by atoms with van der Waals surface area (Å²) in [7, 11) is 0. The Hall–Kier alpha value is -7.22. The van der Waals surface area contributed by atoms with E-state index in [0.29, 0.717) is 44.6 Å². The molecule has 4 aliphatic heterocycles. The van der Waals surface area contributed by atoms with Gasteiger partial charge in [0.1, 0.15) is 17.5 Å². The minimum Gasteiger partial charge on any atom is -0.480 e. The van der Waals surface area contributed by atoms with E-state index >= 15 is 0 Å². The lowest BCUT2D eigenvalue weighted by atomic mass is 9.75. The van der Waals surface area contributed by atoms with Gasteiger partial charge in [-0.3, -0.25) is 14.4 Å². The smallest absolute Gasteiger partial charge is 0.329 e. The molecule has 4 unspecified atom stereocenters. The SMILES string of the molecule is Cc1nnnn1CCC(=O)NC(C(=O)O)C1(O)CCN(C(=O)NCCCc2ccc3c(n2)NCCC3C2CCNc3nc(CCCNC(=O)N4CCC(O)(C(NC(=O)CNC(=O)C5CC5)C(=O)O)CC4)ccc32)CC1. The summed E-state index contributed by atoms with van der Waals surface area (Å²) in [6.45, 7) is 4.16. The molecule has 7 heterocycles. The average Bonchev–Trinajstić information content (AvgIpc) is 4.18. The monoisotopic (exact) mass is 1040 g/mol. The van der Waals surface area contributed by atoms with Gasteiger partial charge in [-0.25, -0.2) is 33.8 Å². The number of aliphatic hydroxyl groups is 2. The molecule has 2 saturated heterocycles. The van der Waals surface area contributed by atoms with Crippen molar-refractivity contribution in [1.82, 2.24) is 66.6 Å². The third-order valence-electron chi connectivity index (χ3n) is 15.2. The van der Waals surface area contributed by atoms with Gasteiger partial charge in [-0.05, 0) is 129 Å². The Labute approximate surface area is 432 Å². The molecular formula is C49H69N15O11. The molecule has 75 heavy (non-hydrogen) atoms. The minimum absolute atomic E-state index is 0.0309. The van der Waals surface area contributed by atoms with Gasteiger partial charge in [0.2, 0.25) is 17.7 Å². The van der Waals surface area contributed by atoms with Crippen molar-refractivity contribution in [3.05, 3.63) is 52.6 Å². The van der Waals surface area contributed by atoms with Crippen LogP contribution < -0.4 is 37.2 Å². The number of nitrogens with zero attached hydrogens (tertiary/aromatic N) is 8. The van der Waals surface area contributed by atoms with E-state index in [9.17, 15) is 54.0 Å². The Morgan fingerprint density at radius 3 is 1.60 bits per heavy atom. The van der Waals surface area contributed by atoms with Crippen LogP contribution in [0.1, 0.15) is 111 Å². The molecule has 3 fully saturated rings. The van der Waals surface area contributed by atoms with Crippen LogP contribution in [0, 0.1) is 12.8 Å². The Morgan fingerprint density at radius 1 is 0.680 bits per heavy atom. The summed E-state index contributed by atoms with van der Waals surface area (Å²) in [6.07, 6.45) is 5.64. The van der Waals surface area contributed by atoms with Crippen LogP contribution in [0.3, 0.4) is 0 Å². The van der Waals surface area contributed by atoms with Crippen LogP contribution in [-0.4, -0.2) is 184 Å². The lowest BCUT2D eigenvalue weighted by Gasteiger charge is -2.41. The maximum absolute atomic E-state index is 13.1. The molecule has 26 nitrogen and oxygen atoms in total. The number of hydrogen-bond acceptors (Lipinski definition) is 16. The number of carboxylic acid groups (broad SMARTS) is 2. The first-order chi connectivity index (χ1) is 36.0. The van der Waals surface area contributed by atoms with Gasteiger partial charge in [0, 0.05) is 76.1 Å². The van der Waals surface area contributed by atoms with Crippen molar-refractivity contribution in [2.24, 2.45) is 5.92 Å². The van der Waals surface area contributed by atoms with Crippen molar-refractivity contribution < 1.29 is 54.0 Å². The predicted molar refractivity (Wildman–Crippen MR) is 267 cm³/mol. The van der Waals surface area contributed by atoms with E-state index in [4.69, 9.17) is 9.97 Å². The van der Waals surface area contributed by atoms with Gasteiger partial charge >= 0.3 is 24.0 Å². The third kappa shape index (κ3) is 13.6. The summed E-state index contributed by atoms with van der Waals surface area (Å²) in [4.78, 5) is 100. The zero-order chi connectivity index (χ0) is 53.3. The molecule has 7 amide bonds. The van der Waals surface area contributed by atoms with Gasteiger partial charge in [0.05, 0.1) is 24.3 Å². The van der Waals surface area contributed by atoms with E-state index in [1.807, 2.05) is 12.1 Å². The summed E-state index contributed by atoms with van der Waals surface area (Å²) in [5, 5.41) is 73.5. The highest BCUT2D eigenvalue weighted by Gasteiger charge is 2.47. The molecule has 0 bridgehead atoms. The van der Waals surface area contributed by atoms with E-state index in [2.05, 4.69) is 64.9 Å². The van der Waals surface area contributed by atoms with Crippen LogP contribution in [0.2, 0.25) is 0 Å². The number of amides is 7. The number of rotatable bonds is 21. The summed E-state index contributed by atoms with van der Waals surface area (Å²) in [5.74, 6) is -1.72. The fraction of sp³-hybridized carbons (Fsp3) is 0.633. The van der Waals surface area contributed by atoms with Gasteiger partial charge in [-0.15, -0.1) is 5.10 Å². The maximum atomic E-state index is 13.1. The number of aryl methyl sites for hydroxylation is 4. The largest absolute Gasteiger partial charge is 0.480 e. The molecule has 3 aromatic rings. The van der Waals surface area contributed by atoms with Crippen molar-refractivity contribution >= 4 is 53.4 Å². The van der Waals surface area contributed by atoms with Crippen LogP contribution in [0.5, 0.6) is 0 Å². The lowest BCUT2D eigenvalue weighted by Crippen LogP contribution is -2.62. The number of carboxylic acids is 2. The molecule has 4 atom stereocenters. The van der Waals surface area contributed by atoms with E-state index in [1.54, 1.807) is 6.92 Å². The standard InChI is InChI=1S/C49H69N15O11/c1-29-59-60-61-64(29)23-14-37(65)57-39(44(68)69)48(74)15-24-62(25-16-48)46(72)52-19-2-4-31-8-10-35-33(12-21-50-41(35)55-31)34-13-22-51-42-36(34)11-9-32(56-42)5-3-20-53-47(73)63-26-17-49(75,18-27-63)40(45(70)71)58-38(66)28-54-43(67)30-6-7-30/h8-11,30,33-34,39-40,74-75H,2-7,12-28H2,1H3,(H,50,55)(H,51,56)(H,52,72)(H,53,73)(H,54,67)(H,57,65)(H,58,66)(H,68,69)(H,70,71).